The van der Waals surface area contributed by atoms with Crippen molar-refractivity contribution in [1.82, 2.24) is 0 Å². The molecule has 8 heteroatoms. The average Bonchev–Trinajstić information content (AvgIpc) is 2.89. The maximum Gasteiger partial charge on any atom is 0.306 e. The molecule has 1 amide bonds. The van der Waals surface area contributed by atoms with Gasteiger partial charge in [0.25, 0.3) is 5.91 Å². The van der Waals surface area contributed by atoms with Crippen molar-refractivity contribution in [3.05, 3.63) is 88.5 Å². The van der Waals surface area contributed by atoms with Gasteiger partial charge >= 0.3 is 5.97 Å². The van der Waals surface area contributed by atoms with E-state index in [1.54, 1.807) is 43.5 Å². The van der Waals surface area contributed by atoms with Gasteiger partial charge in [-0.05, 0) is 42.3 Å². The van der Waals surface area contributed by atoms with Crippen molar-refractivity contribution >= 4 is 29.1 Å². The van der Waals surface area contributed by atoms with Gasteiger partial charge in [0.15, 0.2) is 29.7 Å². The van der Waals surface area contributed by atoms with Crippen molar-refractivity contribution in [1.29, 1.82) is 0 Å². The maximum absolute atomic E-state index is 12.8. The number of methoxy groups -OCH3 is 2. The summed E-state index contributed by atoms with van der Waals surface area (Å²) >= 11 is 0. The van der Waals surface area contributed by atoms with Gasteiger partial charge in [-0.25, -0.2) is 0 Å². The number of ether oxygens (including phenoxy) is 3. The highest BCUT2D eigenvalue weighted by Gasteiger charge is 2.29. The van der Waals surface area contributed by atoms with E-state index < -0.39 is 18.5 Å². The minimum absolute atomic E-state index is 0.0810. The van der Waals surface area contributed by atoms with Gasteiger partial charge in [-0.1, -0.05) is 30.3 Å². The number of hydrogen-bond donors (Lipinski definition) is 1. The predicted octanol–water partition coefficient (Wildman–Crippen LogP) is 3.59. The van der Waals surface area contributed by atoms with Crippen molar-refractivity contribution < 1.29 is 33.4 Å². The first-order chi connectivity index (χ1) is 16.9. The van der Waals surface area contributed by atoms with Crippen molar-refractivity contribution in [2.45, 2.75) is 12.8 Å². The molecule has 35 heavy (non-hydrogen) atoms. The predicted molar refractivity (Wildman–Crippen MR) is 127 cm³/mol. The van der Waals surface area contributed by atoms with Gasteiger partial charge < -0.3 is 19.5 Å². The standard InChI is InChI=1S/C27H23NO7/c1-33-22-11-7-16(13-23(22)34-2)8-12-25(30)35-15-24(29)28-17-9-10-20-21(14-17)27(32)19-6-4-3-5-18(19)26(20)31/h3-7,9-11,13-14H,8,12,15H2,1-2H3,(H,28,29). The van der Waals surface area contributed by atoms with Gasteiger partial charge in [-0.2, -0.15) is 0 Å². The minimum Gasteiger partial charge on any atom is -0.493 e. The zero-order valence-corrected chi connectivity index (χ0v) is 19.3. The second-order valence-electron chi connectivity index (χ2n) is 7.86. The van der Waals surface area contributed by atoms with Gasteiger partial charge in [-0.3, -0.25) is 19.2 Å². The quantitative estimate of drug-likeness (QED) is 0.390. The highest BCUT2D eigenvalue weighted by Crippen LogP contribution is 2.29. The Balaban J connectivity index is 1.32. The van der Waals surface area contributed by atoms with Gasteiger partial charge in [-0.15, -0.1) is 0 Å². The Labute approximate surface area is 201 Å². The first kappa shape index (κ1) is 23.7. The third-order valence-electron chi connectivity index (χ3n) is 5.64. The average molecular weight is 473 g/mol. The lowest BCUT2D eigenvalue weighted by Gasteiger charge is -2.18. The molecule has 0 radical (unpaired) electrons. The highest BCUT2D eigenvalue weighted by molar-refractivity contribution is 6.28. The second kappa shape index (κ2) is 10.2. The molecule has 0 heterocycles. The molecule has 0 aromatic heterocycles. The van der Waals surface area contributed by atoms with Crippen LogP contribution in [0.1, 0.15) is 43.8 Å². The van der Waals surface area contributed by atoms with Crippen molar-refractivity contribution in [2.24, 2.45) is 0 Å². The van der Waals surface area contributed by atoms with Crippen LogP contribution in [0.3, 0.4) is 0 Å². The van der Waals surface area contributed by atoms with Gasteiger partial charge in [0, 0.05) is 34.4 Å². The molecule has 0 unspecified atom stereocenters. The lowest BCUT2D eigenvalue weighted by Crippen LogP contribution is -2.23. The summed E-state index contributed by atoms with van der Waals surface area (Å²) < 4.78 is 15.5. The van der Waals surface area contributed by atoms with Crippen LogP contribution >= 0.6 is 0 Å². The van der Waals surface area contributed by atoms with Crippen LogP contribution in [0.15, 0.2) is 60.7 Å². The summed E-state index contributed by atoms with van der Waals surface area (Å²) in [5, 5.41) is 2.60. The number of rotatable bonds is 8. The molecule has 0 bridgehead atoms. The van der Waals surface area contributed by atoms with E-state index in [4.69, 9.17) is 14.2 Å². The number of fused-ring (bicyclic) bond motifs is 2. The molecule has 1 N–H and O–H groups in total. The first-order valence-corrected chi connectivity index (χ1v) is 10.9. The topological polar surface area (TPSA) is 108 Å². The lowest BCUT2D eigenvalue weighted by atomic mass is 9.84. The molecule has 178 valence electrons. The Morgan fingerprint density at radius 3 is 2.11 bits per heavy atom. The SMILES string of the molecule is COc1ccc(CCC(=O)OCC(=O)Nc2ccc3c(c2)C(=O)c2ccccc2C3=O)cc1OC. The number of anilines is 1. The number of amides is 1. The fourth-order valence-electron chi connectivity index (χ4n) is 3.87. The summed E-state index contributed by atoms with van der Waals surface area (Å²) in [5.41, 5.74) is 2.39. The van der Waals surface area contributed by atoms with E-state index in [9.17, 15) is 19.2 Å². The van der Waals surface area contributed by atoms with Crippen LogP contribution in [0.5, 0.6) is 11.5 Å². The summed E-state index contributed by atoms with van der Waals surface area (Å²) in [6.45, 7) is -0.475. The van der Waals surface area contributed by atoms with E-state index in [2.05, 4.69) is 5.32 Å². The number of ketones is 2. The van der Waals surface area contributed by atoms with Gasteiger partial charge in [0.05, 0.1) is 14.2 Å². The Bertz CT molecular complexity index is 1330. The molecule has 1 aliphatic carbocycles. The molecule has 0 fully saturated rings. The Morgan fingerprint density at radius 2 is 1.43 bits per heavy atom. The van der Waals surface area contributed by atoms with Crippen LogP contribution in [0, 0.1) is 0 Å². The number of hydrogen-bond acceptors (Lipinski definition) is 7. The molecule has 3 aromatic carbocycles. The maximum atomic E-state index is 12.8. The fourth-order valence-corrected chi connectivity index (χ4v) is 3.87. The molecular weight excluding hydrogens is 450 g/mol. The van der Waals surface area contributed by atoms with Crippen LogP contribution in [-0.2, 0) is 20.7 Å². The molecule has 3 aromatic rings. The van der Waals surface area contributed by atoms with E-state index in [1.807, 2.05) is 6.07 Å². The Morgan fingerprint density at radius 1 is 0.771 bits per heavy atom. The van der Waals surface area contributed by atoms with Crippen molar-refractivity contribution in [3.8, 4) is 11.5 Å². The first-order valence-electron chi connectivity index (χ1n) is 10.9. The number of carbonyl (C=O) groups is 4. The van der Waals surface area contributed by atoms with E-state index in [1.165, 1.54) is 25.3 Å². The molecule has 8 nitrogen and oxygen atoms in total. The second-order valence-corrected chi connectivity index (χ2v) is 7.86. The summed E-state index contributed by atoms with van der Waals surface area (Å²) in [5.74, 6) is -0.457. The van der Waals surface area contributed by atoms with Crippen molar-refractivity contribution in [2.75, 3.05) is 26.1 Å². The molecule has 0 saturated carbocycles. The molecule has 1 aliphatic rings. The van der Waals surface area contributed by atoms with Crippen LogP contribution in [0.25, 0.3) is 0 Å². The van der Waals surface area contributed by atoms with E-state index in [0.717, 1.165) is 5.56 Å². The summed E-state index contributed by atoms with van der Waals surface area (Å²) in [4.78, 5) is 49.9. The number of benzene rings is 3. The number of esters is 1. The number of nitrogens with one attached hydrogen (secondary N) is 1. The third-order valence-corrected chi connectivity index (χ3v) is 5.64. The highest BCUT2D eigenvalue weighted by atomic mass is 16.5. The van der Waals surface area contributed by atoms with Crippen LogP contribution in [-0.4, -0.2) is 44.3 Å². The van der Waals surface area contributed by atoms with Crippen LogP contribution in [0.4, 0.5) is 5.69 Å². The molecule has 4 rings (SSSR count). The third kappa shape index (κ3) is 5.06. The zero-order chi connectivity index (χ0) is 24.9. The van der Waals surface area contributed by atoms with Gasteiger partial charge in [0.1, 0.15) is 0 Å². The van der Waals surface area contributed by atoms with E-state index in [0.29, 0.717) is 34.7 Å². The summed E-state index contributed by atoms with van der Waals surface area (Å²) in [6, 6.07) is 16.5. The Kier molecular flexibility index (Phi) is 6.91. The number of carbonyl (C=O) groups excluding carboxylic acids is 4. The number of aryl methyl sites for hydroxylation is 1. The van der Waals surface area contributed by atoms with Gasteiger partial charge in [0.2, 0.25) is 0 Å². The minimum atomic E-state index is -0.556. The molecule has 0 spiro atoms. The largest absolute Gasteiger partial charge is 0.493 e. The monoisotopic (exact) mass is 473 g/mol. The molecule has 0 saturated heterocycles. The summed E-state index contributed by atoms with van der Waals surface area (Å²) in [6.07, 6.45) is 0.487. The molecule has 0 aliphatic heterocycles. The summed E-state index contributed by atoms with van der Waals surface area (Å²) in [7, 11) is 3.07. The zero-order valence-electron chi connectivity index (χ0n) is 19.3. The Hall–Kier alpha value is -4.46. The smallest absolute Gasteiger partial charge is 0.306 e. The fraction of sp³-hybridized carbons (Fsp3) is 0.185. The lowest BCUT2D eigenvalue weighted by molar-refractivity contribution is -0.147. The van der Waals surface area contributed by atoms with Crippen LogP contribution < -0.4 is 14.8 Å². The molecule has 0 atom stereocenters. The molecular formula is C27H23NO7. The van der Waals surface area contributed by atoms with Crippen molar-refractivity contribution in [3.63, 3.8) is 0 Å². The van der Waals surface area contributed by atoms with E-state index >= 15 is 0 Å². The van der Waals surface area contributed by atoms with E-state index in [-0.39, 0.29) is 29.1 Å². The van der Waals surface area contributed by atoms with Crippen LogP contribution in [0.2, 0.25) is 0 Å². The normalized spacial score (nSPS) is 11.8.